The number of benzene rings is 3. The molecular weight excluding hydrogens is 595 g/mol. The van der Waals surface area contributed by atoms with Crippen LogP contribution < -0.4 is 0 Å². The van der Waals surface area contributed by atoms with Crippen molar-refractivity contribution in [1.82, 2.24) is 0 Å². The van der Waals surface area contributed by atoms with Crippen LogP contribution in [-0.2, 0) is 19.6 Å². The molecule has 0 radical (unpaired) electrons. The standard InChI is InChI=1S/C12H13ClO.C11H11ClO.C7H8O3S.CH4O.2CH4/c1-14-8-12(9-2-3-9)10-4-6-11(13)7-5-10;12-10-5-3-9(4-6-10)11(7-13)8-1-2-8;1-6-2-4-7(5-3-6)11(8,9)10;1-2;;/h4-9H,2-3H2,1H3;3-8,11H,1-2H2;2-5H,1H3,(H,8,9,10);2H,1H3;2*1H4. The zero-order valence-corrected chi connectivity index (χ0v) is 25.2. The quantitative estimate of drug-likeness (QED) is 0.152. The Hall–Kier alpha value is -2.68. The lowest BCUT2D eigenvalue weighted by Gasteiger charge is -2.08. The lowest BCUT2D eigenvalue weighted by Crippen LogP contribution is -2.01. The van der Waals surface area contributed by atoms with Crippen molar-refractivity contribution in [2.24, 2.45) is 11.8 Å². The largest absolute Gasteiger partial charge is 0.504 e. The minimum absolute atomic E-state index is 0. The Labute approximate surface area is 262 Å². The summed E-state index contributed by atoms with van der Waals surface area (Å²) in [5, 5.41) is 8.51. The first-order valence-corrected chi connectivity index (χ1v) is 15.0. The maximum absolute atomic E-state index is 10.8. The molecule has 3 aromatic carbocycles. The fourth-order valence-electron chi connectivity index (χ4n) is 3.88. The summed E-state index contributed by atoms with van der Waals surface area (Å²) in [4.78, 5) is 10.8. The highest BCUT2D eigenvalue weighted by Gasteiger charge is 2.31. The van der Waals surface area contributed by atoms with Crippen LogP contribution in [0.3, 0.4) is 0 Å². The van der Waals surface area contributed by atoms with E-state index in [1.54, 1.807) is 19.2 Å². The molecule has 6 nitrogen and oxygen atoms in total. The monoisotopic (exact) mass is 638 g/mol. The van der Waals surface area contributed by atoms with Crippen LogP contribution in [0.4, 0.5) is 0 Å². The first-order chi connectivity index (χ1) is 19.1. The van der Waals surface area contributed by atoms with Gasteiger partial charge in [0.2, 0.25) is 0 Å². The molecule has 0 saturated heterocycles. The number of hydrogen-bond acceptors (Lipinski definition) is 5. The average molecular weight is 640 g/mol. The lowest BCUT2D eigenvalue weighted by molar-refractivity contribution is -0.109. The minimum atomic E-state index is -4.02. The van der Waals surface area contributed by atoms with Crippen molar-refractivity contribution >= 4 is 45.2 Å². The van der Waals surface area contributed by atoms with Crippen LogP contribution in [0.1, 0.15) is 63.1 Å². The van der Waals surface area contributed by atoms with E-state index in [1.165, 1.54) is 49.0 Å². The van der Waals surface area contributed by atoms with E-state index >= 15 is 0 Å². The third kappa shape index (κ3) is 13.5. The summed E-state index contributed by atoms with van der Waals surface area (Å²) in [6.45, 7) is 1.84. The second kappa shape index (κ2) is 19.5. The highest BCUT2D eigenvalue weighted by atomic mass is 35.5. The maximum atomic E-state index is 10.8. The fourth-order valence-corrected chi connectivity index (χ4v) is 4.61. The van der Waals surface area contributed by atoms with Gasteiger partial charge in [0.25, 0.3) is 10.1 Å². The maximum Gasteiger partial charge on any atom is 0.294 e. The Morgan fingerprint density at radius 3 is 1.71 bits per heavy atom. The van der Waals surface area contributed by atoms with Gasteiger partial charge in [-0.15, -0.1) is 0 Å². The molecule has 0 aliphatic heterocycles. The van der Waals surface area contributed by atoms with Gasteiger partial charge in [-0.25, -0.2) is 0 Å². The topological polar surface area (TPSA) is 101 Å². The zero-order chi connectivity index (χ0) is 29.7. The summed E-state index contributed by atoms with van der Waals surface area (Å²) in [6, 6.07) is 21.5. The van der Waals surface area contributed by atoms with Gasteiger partial charge in [0.15, 0.2) is 0 Å². The normalized spacial score (nSPS) is 14.4. The van der Waals surface area contributed by atoms with E-state index in [0.717, 1.165) is 34.6 Å². The molecule has 2 saturated carbocycles. The van der Waals surface area contributed by atoms with E-state index in [2.05, 4.69) is 0 Å². The molecule has 2 N–H and O–H groups in total. The van der Waals surface area contributed by atoms with Gasteiger partial charge >= 0.3 is 0 Å². The molecule has 0 heterocycles. The highest BCUT2D eigenvalue weighted by Crippen LogP contribution is 2.42. The van der Waals surface area contributed by atoms with Crippen LogP contribution in [0.15, 0.2) is 84.0 Å². The number of rotatable bonds is 7. The van der Waals surface area contributed by atoms with Crippen molar-refractivity contribution in [1.29, 1.82) is 0 Å². The predicted molar refractivity (Wildman–Crippen MR) is 175 cm³/mol. The number of aldehydes is 1. The van der Waals surface area contributed by atoms with Crippen LogP contribution >= 0.6 is 23.2 Å². The lowest BCUT2D eigenvalue weighted by atomic mass is 9.96. The smallest absolute Gasteiger partial charge is 0.294 e. The third-order valence-corrected chi connectivity index (χ3v) is 7.66. The number of hydrogen-bond donors (Lipinski definition) is 2. The summed E-state index contributed by atoms with van der Waals surface area (Å²) in [5.74, 6) is 1.37. The molecule has 2 aliphatic carbocycles. The predicted octanol–water partition coefficient (Wildman–Crippen LogP) is 8.89. The Morgan fingerprint density at radius 1 is 0.857 bits per heavy atom. The Kier molecular flexibility index (Phi) is 18.3. The number of aliphatic hydroxyl groups is 1. The summed E-state index contributed by atoms with van der Waals surface area (Å²) in [5.41, 5.74) is 4.57. The number of halogens is 2. The molecule has 1 atom stereocenters. The van der Waals surface area contributed by atoms with Gasteiger partial charge < -0.3 is 14.6 Å². The first-order valence-electron chi connectivity index (χ1n) is 12.8. The Balaban J connectivity index is 0.000000573. The van der Waals surface area contributed by atoms with Crippen LogP contribution in [0, 0.1) is 18.8 Å². The molecule has 2 aliphatic rings. The summed E-state index contributed by atoms with van der Waals surface area (Å²) >= 11 is 11.6. The van der Waals surface area contributed by atoms with Crippen molar-refractivity contribution in [3.8, 4) is 0 Å². The van der Waals surface area contributed by atoms with Crippen molar-refractivity contribution in [2.75, 3.05) is 14.2 Å². The van der Waals surface area contributed by atoms with Crippen molar-refractivity contribution in [2.45, 2.75) is 58.3 Å². The fraction of sp³-hybridized carbons (Fsp3) is 0.364. The molecule has 0 amide bonds. The number of aliphatic hydroxyl groups excluding tert-OH is 1. The van der Waals surface area contributed by atoms with Gasteiger partial charge in [-0.2, -0.15) is 8.42 Å². The third-order valence-electron chi connectivity index (χ3n) is 6.29. The Morgan fingerprint density at radius 2 is 1.33 bits per heavy atom. The van der Waals surface area contributed by atoms with Crippen molar-refractivity contribution in [3.05, 3.63) is 106 Å². The van der Waals surface area contributed by atoms with E-state index in [9.17, 15) is 13.2 Å². The van der Waals surface area contributed by atoms with Gasteiger partial charge in [-0.05, 0) is 97.5 Å². The number of allylic oxidation sites excluding steroid dienone is 1. The molecule has 1 unspecified atom stereocenters. The number of ether oxygens (including phenoxy) is 1. The first kappa shape index (κ1) is 39.3. The number of carbonyl (C=O) groups is 1. The van der Waals surface area contributed by atoms with Crippen LogP contribution in [-0.4, -0.2) is 38.6 Å². The second-order valence-corrected chi connectivity index (χ2v) is 11.7. The van der Waals surface area contributed by atoms with E-state index in [1.807, 2.05) is 61.7 Å². The van der Waals surface area contributed by atoms with Gasteiger partial charge in [-0.3, -0.25) is 4.55 Å². The number of aryl methyl sites for hydroxylation is 1. The van der Waals surface area contributed by atoms with Crippen LogP contribution in [0.25, 0.3) is 5.57 Å². The van der Waals surface area contributed by atoms with Gasteiger partial charge in [0.1, 0.15) is 6.29 Å². The molecule has 3 aromatic rings. The highest BCUT2D eigenvalue weighted by molar-refractivity contribution is 7.85. The molecule has 9 heteroatoms. The van der Waals surface area contributed by atoms with E-state index in [0.29, 0.717) is 11.8 Å². The number of carbonyl (C=O) groups excluding carboxylic acids is 1. The summed E-state index contributed by atoms with van der Waals surface area (Å²) < 4.78 is 34.6. The van der Waals surface area contributed by atoms with E-state index in [4.69, 9.17) is 37.6 Å². The van der Waals surface area contributed by atoms with Crippen molar-refractivity contribution in [3.63, 3.8) is 0 Å². The molecule has 42 heavy (non-hydrogen) atoms. The SMILES string of the molecule is C.C.CO.COC=C(c1ccc(Cl)cc1)C1CC1.Cc1ccc(S(=O)(=O)O)cc1.O=CC(c1ccc(Cl)cc1)C1CC1. The molecule has 0 spiro atoms. The number of methoxy groups -OCH3 is 1. The summed E-state index contributed by atoms with van der Waals surface area (Å²) in [7, 11) is -1.33. The molecule has 5 rings (SSSR count). The van der Waals surface area contributed by atoms with Gasteiger partial charge in [0, 0.05) is 23.1 Å². The van der Waals surface area contributed by atoms with E-state index < -0.39 is 10.1 Å². The Bertz CT molecular complexity index is 1310. The molecule has 2 fully saturated rings. The molecule has 232 valence electrons. The van der Waals surface area contributed by atoms with Crippen LogP contribution in [0.2, 0.25) is 10.0 Å². The van der Waals surface area contributed by atoms with Crippen molar-refractivity contribution < 1.29 is 27.6 Å². The average Bonchev–Trinajstić information content (AvgIpc) is 3.86. The molecule has 0 aromatic heterocycles. The molecule has 0 bridgehead atoms. The van der Waals surface area contributed by atoms with Crippen LogP contribution in [0.5, 0.6) is 0 Å². The van der Waals surface area contributed by atoms with Gasteiger partial charge in [-0.1, -0.05) is 80.0 Å². The summed E-state index contributed by atoms with van der Waals surface area (Å²) in [6.07, 6.45) is 7.83. The minimum Gasteiger partial charge on any atom is -0.504 e. The van der Waals surface area contributed by atoms with E-state index in [-0.39, 0.29) is 25.7 Å². The van der Waals surface area contributed by atoms with Gasteiger partial charge in [0.05, 0.1) is 18.3 Å². The second-order valence-electron chi connectivity index (χ2n) is 9.43. The molecular formula is C33H44Cl2O6S. The zero-order valence-electron chi connectivity index (χ0n) is 22.8.